The van der Waals surface area contributed by atoms with Crippen LogP contribution in [-0.4, -0.2) is 70.0 Å². The number of hydrogen-bond donors (Lipinski definition) is 6. The van der Waals surface area contributed by atoms with Crippen LogP contribution < -0.4 is 5.69 Å². The van der Waals surface area contributed by atoms with E-state index in [4.69, 9.17) is 19.4 Å². The summed E-state index contributed by atoms with van der Waals surface area (Å²) in [7, 11) is -16.7. The zero-order valence-corrected chi connectivity index (χ0v) is 21.8. The molecule has 1 aromatic heterocycles. The number of rotatable bonds is 14. The molecule has 0 saturated carbocycles. The molecule has 2 heterocycles. The first-order valence-corrected chi connectivity index (χ1v) is 15.7. The van der Waals surface area contributed by atoms with E-state index in [2.05, 4.69) is 25.1 Å². The number of nitrogens with zero attached hydrogens (tertiary/aromatic N) is 2. The number of phosphoric acid groups is 3. The lowest BCUT2D eigenvalue weighted by Gasteiger charge is -2.19. The van der Waals surface area contributed by atoms with Gasteiger partial charge < -0.3 is 34.5 Å². The van der Waals surface area contributed by atoms with Crippen molar-refractivity contribution >= 4 is 35.2 Å². The summed E-state index contributed by atoms with van der Waals surface area (Å²) in [5.74, 6) is 0.764. The van der Waals surface area contributed by atoms with Crippen LogP contribution in [0.2, 0.25) is 0 Å². The summed E-state index contributed by atoms with van der Waals surface area (Å²) in [6.45, 7) is 1.10. The molecule has 1 aromatic rings. The Morgan fingerprint density at radius 1 is 1.06 bits per heavy atom. The number of ether oxygens (including phenoxy) is 1. The highest BCUT2D eigenvalue weighted by atomic mass is 32.2. The number of hydrogen-bond acceptors (Lipinski definition) is 12. The van der Waals surface area contributed by atoms with Crippen LogP contribution in [0.25, 0.3) is 0 Å². The van der Waals surface area contributed by atoms with Gasteiger partial charge in [-0.15, -0.1) is 11.8 Å². The molecule has 0 spiro atoms. The summed E-state index contributed by atoms with van der Waals surface area (Å²) < 4.78 is 51.6. The van der Waals surface area contributed by atoms with Gasteiger partial charge in [0.05, 0.1) is 6.61 Å². The van der Waals surface area contributed by atoms with Crippen LogP contribution in [0.5, 0.6) is 0 Å². The van der Waals surface area contributed by atoms with E-state index in [-0.39, 0.29) is 0 Å². The Balaban J connectivity index is 1.98. The lowest BCUT2D eigenvalue weighted by molar-refractivity contribution is -0.0543. The Hall–Kier alpha value is -0.480. The molecule has 2 rings (SSSR count). The van der Waals surface area contributed by atoms with Crippen molar-refractivity contribution in [3.63, 3.8) is 0 Å². The third kappa shape index (κ3) is 10.1. The van der Waals surface area contributed by atoms with Crippen LogP contribution in [0.15, 0.2) is 22.1 Å². The van der Waals surface area contributed by atoms with Gasteiger partial charge in [-0.1, -0.05) is 26.2 Å². The molecular formula is C15H27N2O14P3S. The maximum Gasteiger partial charge on any atom is 0.490 e. The van der Waals surface area contributed by atoms with E-state index in [1.165, 1.54) is 24.0 Å². The number of thioether (sulfide) groups is 1. The molecule has 0 bridgehead atoms. The third-order valence-electron chi connectivity index (χ3n) is 4.48. The molecule has 6 atom stereocenters. The van der Waals surface area contributed by atoms with Crippen molar-refractivity contribution in [2.24, 2.45) is 0 Å². The van der Waals surface area contributed by atoms with Crippen LogP contribution >= 0.6 is 35.2 Å². The van der Waals surface area contributed by atoms with Gasteiger partial charge in [0.1, 0.15) is 23.3 Å². The van der Waals surface area contributed by atoms with Crippen molar-refractivity contribution in [1.29, 1.82) is 0 Å². The summed E-state index contributed by atoms with van der Waals surface area (Å²) in [4.78, 5) is 52.0. The molecule has 20 heteroatoms. The molecular weight excluding hydrogens is 557 g/mol. The van der Waals surface area contributed by atoms with Gasteiger partial charge in [0.2, 0.25) is 0 Å². The Labute approximate surface area is 203 Å². The Morgan fingerprint density at radius 3 is 2.34 bits per heavy atom. The average molecular weight is 584 g/mol. The molecule has 16 nitrogen and oxygen atoms in total. The van der Waals surface area contributed by atoms with Gasteiger partial charge in [-0.25, -0.2) is 18.5 Å². The number of aromatic nitrogens is 2. The highest BCUT2D eigenvalue weighted by molar-refractivity contribution is 7.99. The van der Waals surface area contributed by atoms with Crippen LogP contribution in [0.4, 0.5) is 0 Å². The molecule has 0 aliphatic carbocycles. The van der Waals surface area contributed by atoms with Crippen molar-refractivity contribution in [2.75, 3.05) is 12.4 Å². The first kappa shape index (κ1) is 30.7. The topological polar surface area (TPSA) is 244 Å². The Bertz CT molecular complexity index is 1050. The summed E-state index contributed by atoms with van der Waals surface area (Å²) in [6, 6.07) is 1.52. The van der Waals surface area contributed by atoms with E-state index in [1.807, 2.05) is 0 Å². The molecule has 1 aliphatic heterocycles. The second-order valence-corrected chi connectivity index (χ2v) is 12.8. The molecule has 0 amide bonds. The average Bonchev–Trinajstić information content (AvgIpc) is 2.98. The summed E-state index contributed by atoms with van der Waals surface area (Å²) in [5, 5.41) is 20.9. The van der Waals surface area contributed by atoms with Crippen molar-refractivity contribution < 1.29 is 61.4 Å². The smallest absolute Gasteiger partial charge is 0.387 e. The van der Waals surface area contributed by atoms with Crippen LogP contribution in [0, 0.1) is 0 Å². The van der Waals surface area contributed by atoms with Crippen LogP contribution in [0.3, 0.4) is 0 Å². The molecule has 0 radical (unpaired) electrons. The highest BCUT2D eigenvalue weighted by Crippen LogP contribution is 2.66. The summed E-state index contributed by atoms with van der Waals surface area (Å²) in [5.41, 5.74) is -0.784. The maximum absolute atomic E-state index is 12.4. The zero-order valence-electron chi connectivity index (χ0n) is 18.3. The van der Waals surface area contributed by atoms with Crippen molar-refractivity contribution in [3.8, 4) is 0 Å². The molecule has 6 N–H and O–H groups in total. The summed E-state index contributed by atoms with van der Waals surface area (Å²) >= 11 is 1.38. The lowest BCUT2D eigenvalue weighted by atomic mass is 10.1. The monoisotopic (exact) mass is 584 g/mol. The second-order valence-electron chi connectivity index (χ2n) is 7.30. The number of unbranched alkanes of at least 4 members (excludes halogenated alkanes) is 3. The number of aliphatic hydroxyl groups excluding tert-OH is 2. The van der Waals surface area contributed by atoms with E-state index in [0.29, 0.717) is 5.03 Å². The van der Waals surface area contributed by atoms with Gasteiger partial charge in [0, 0.05) is 6.20 Å². The minimum atomic E-state index is -5.72. The number of phosphoric ester groups is 1. The highest BCUT2D eigenvalue weighted by Gasteiger charge is 2.46. The molecule has 1 saturated heterocycles. The fraction of sp³-hybridized carbons (Fsp3) is 0.733. The predicted octanol–water partition coefficient (Wildman–Crippen LogP) is 0.878. The molecule has 3 unspecified atom stereocenters. The standard InChI is InChI=1S/C15H27N2O14P3S/c1-2-3-4-5-8-35-11-6-7-17(15(20)16-11)14-13(19)12(18)10(29-14)9-28-33(24,25)31-34(26,27)30-32(21,22)23/h6-7,10,12-14,18-19H,2-5,8-9H2,1H3,(H,24,25)(H,26,27)(H2,21,22,23)/t10-,12+,13?,14-/m1/s1. The molecule has 202 valence electrons. The predicted molar refractivity (Wildman–Crippen MR) is 119 cm³/mol. The van der Waals surface area contributed by atoms with Crippen molar-refractivity contribution in [3.05, 3.63) is 22.7 Å². The van der Waals surface area contributed by atoms with Gasteiger partial charge in [-0.05, 0) is 18.2 Å². The normalized spacial score (nSPS) is 26.4. The minimum Gasteiger partial charge on any atom is -0.387 e. The SMILES string of the molecule is CCCCCCSc1ccn([C@@H]2O[C@H](COP(=O)(O)OP(=O)(O)OP(=O)(O)O)[C@H](O)C2O)c(=O)n1. The largest absolute Gasteiger partial charge is 0.490 e. The fourth-order valence-electron chi connectivity index (χ4n) is 2.94. The van der Waals surface area contributed by atoms with Gasteiger partial charge in [0.15, 0.2) is 6.23 Å². The van der Waals surface area contributed by atoms with E-state index in [0.717, 1.165) is 36.0 Å². The molecule has 1 aliphatic rings. The van der Waals surface area contributed by atoms with Crippen molar-refractivity contribution in [1.82, 2.24) is 9.55 Å². The second kappa shape index (κ2) is 12.9. The lowest BCUT2D eigenvalue weighted by Crippen LogP contribution is -2.36. The first-order chi connectivity index (χ1) is 16.1. The Kier molecular flexibility index (Phi) is 11.3. The van der Waals surface area contributed by atoms with Gasteiger partial charge in [-0.2, -0.15) is 13.6 Å². The van der Waals surface area contributed by atoms with Gasteiger partial charge in [-0.3, -0.25) is 9.09 Å². The van der Waals surface area contributed by atoms with E-state index >= 15 is 0 Å². The molecule has 0 aromatic carbocycles. The summed E-state index contributed by atoms with van der Waals surface area (Å²) in [6.07, 6.45) is -0.852. The van der Waals surface area contributed by atoms with Gasteiger partial charge >= 0.3 is 29.2 Å². The van der Waals surface area contributed by atoms with Crippen LogP contribution in [-0.2, 0) is 31.6 Å². The van der Waals surface area contributed by atoms with Crippen molar-refractivity contribution in [2.45, 2.75) is 62.2 Å². The maximum atomic E-state index is 12.4. The van der Waals surface area contributed by atoms with Crippen LogP contribution in [0.1, 0.15) is 38.8 Å². The van der Waals surface area contributed by atoms with E-state index in [9.17, 15) is 33.6 Å². The molecule has 1 fully saturated rings. The van der Waals surface area contributed by atoms with E-state index < -0.39 is 60.3 Å². The molecule has 35 heavy (non-hydrogen) atoms. The number of aliphatic hydroxyl groups is 2. The first-order valence-electron chi connectivity index (χ1n) is 10.2. The minimum absolute atomic E-state index is 0.458. The fourth-order valence-corrected chi connectivity index (χ4v) is 6.83. The van der Waals surface area contributed by atoms with E-state index in [1.54, 1.807) is 0 Å². The zero-order chi connectivity index (χ0) is 26.4. The Morgan fingerprint density at radius 2 is 1.74 bits per heavy atom. The third-order valence-corrected chi connectivity index (χ3v) is 9.30. The van der Waals surface area contributed by atoms with Gasteiger partial charge in [0.25, 0.3) is 0 Å². The quantitative estimate of drug-likeness (QED) is 0.0769.